The van der Waals surface area contributed by atoms with Gasteiger partial charge in [0.2, 0.25) is 5.91 Å². The molecule has 0 saturated carbocycles. The van der Waals surface area contributed by atoms with Crippen LogP contribution in [-0.4, -0.2) is 52.6 Å². The van der Waals surface area contributed by atoms with Crippen LogP contribution >= 0.6 is 0 Å². The normalized spacial score (nSPS) is 21.0. The fourth-order valence-electron chi connectivity index (χ4n) is 4.18. The van der Waals surface area contributed by atoms with Gasteiger partial charge < -0.3 is 15.2 Å². The summed E-state index contributed by atoms with van der Waals surface area (Å²) in [7, 11) is 0. The molecule has 32 heavy (non-hydrogen) atoms. The second-order valence-electron chi connectivity index (χ2n) is 8.39. The number of carbonyl (C=O) groups excluding carboxylic acids is 1. The summed E-state index contributed by atoms with van der Waals surface area (Å²) in [5.74, 6) is 0.0301. The van der Waals surface area contributed by atoms with Crippen LogP contribution in [0.25, 0.3) is 0 Å². The molecule has 7 nitrogen and oxygen atoms in total. The Kier molecular flexibility index (Phi) is 7.49. The molecule has 2 unspecified atom stereocenters. The first kappa shape index (κ1) is 22.0. The van der Waals surface area contributed by atoms with E-state index >= 15 is 0 Å². The van der Waals surface area contributed by atoms with Crippen molar-refractivity contribution in [2.75, 3.05) is 26.2 Å². The molecule has 0 radical (unpaired) electrons. The van der Waals surface area contributed by atoms with E-state index in [-0.39, 0.29) is 17.9 Å². The van der Waals surface area contributed by atoms with Gasteiger partial charge in [0.05, 0.1) is 24.4 Å². The van der Waals surface area contributed by atoms with Crippen LogP contribution < -0.4 is 10.6 Å². The smallest absolute Gasteiger partial charge is 0.238 e. The lowest BCUT2D eigenvalue weighted by Crippen LogP contribution is -2.57. The summed E-state index contributed by atoms with van der Waals surface area (Å²) in [5.41, 5.74) is 3.54. The summed E-state index contributed by atoms with van der Waals surface area (Å²) in [6.07, 6.45) is 11.3. The third-order valence-electron chi connectivity index (χ3n) is 6.00. The van der Waals surface area contributed by atoms with E-state index in [9.17, 15) is 4.79 Å². The molecule has 1 amide bonds. The van der Waals surface area contributed by atoms with Crippen molar-refractivity contribution in [3.8, 4) is 6.07 Å². The molecule has 2 N–H and O–H groups in total. The Morgan fingerprint density at radius 1 is 1.28 bits per heavy atom. The highest BCUT2D eigenvalue weighted by Crippen LogP contribution is 2.17. The van der Waals surface area contributed by atoms with Gasteiger partial charge in [0.25, 0.3) is 0 Å². The number of carbonyl (C=O) groups is 1. The number of allylic oxidation sites excluding steroid dienone is 4. The molecule has 1 aliphatic carbocycles. The lowest BCUT2D eigenvalue weighted by atomic mass is 9.98. The predicted molar refractivity (Wildman–Crippen MR) is 123 cm³/mol. The highest BCUT2D eigenvalue weighted by molar-refractivity contribution is 5.82. The lowest BCUT2D eigenvalue weighted by molar-refractivity contribution is -0.124. The zero-order chi connectivity index (χ0) is 22.2. The molecule has 1 saturated heterocycles. The van der Waals surface area contributed by atoms with Crippen molar-refractivity contribution >= 4 is 5.91 Å². The molecule has 2 aromatic rings. The van der Waals surface area contributed by atoms with Gasteiger partial charge in [0, 0.05) is 57.6 Å². The van der Waals surface area contributed by atoms with E-state index in [1.165, 1.54) is 11.1 Å². The summed E-state index contributed by atoms with van der Waals surface area (Å²) in [6.45, 7) is 4.64. The summed E-state index contributed by atoms with van der Waals surface area (Å²) in [5, 5.41) is 15.4. The van der Waals surface area contributed by atoms with Crippen molar-refractivity contribution in [1.82, 2.24) is 25.1 Å². The van der Waals surface area contributed by atoms with Gasteiger partial charge in [0.1, 0.15) is 0 Å². The van der Waals surface area contributed by atoms with Gasteiger partial charge in [-0.1, -0.05) is 48.6 Å². The van der Waals surface area contributed by atoms with E-state index in [0.717, 1.165) is 44.7 Å². The number of hydrogen-bond donors (Lipinski definition) is 2. The Balaban J connectivity index is 1.23. The van der Waals surface area contributed by atoms with Gasteiger partial charge in [-0.25, -0.2) is 4.98 Å². The van der Waals surface area contributed by atoms with Crippen molar-refractivity contribution in [3.05, 3.63) is 77.9 Å². The Morgan fingerprint density at radius 3 is 2.94 bits per heavy atom. The topological polar surface area (TPSA) is 86.0 Å². The van der Waals surface area contributed by atoms with Gasteiger partial charge in [0.15, 0.2) is 0 Å². The number of rotatable bonds is 8. The molecule has 2 heterocycles. The van der Waals surface area contributed by atoms with E-state index in [1.807, 2.05) is 30.7 Å². The Labute approximate surface area is 189 Å². The van der Waals surface area contributed by atoms with E-state index in [2.05, 4.69) is 61.5 Å². The van der Waals surface area contributed by atoms with Crippen LogP contribution in [0.5, 0.6) is 0 Å². The SMILES string of the molecule is N#CC1C=CC(Cn2cncc2CCNC(=O)C2CN(Cc3ccccc3)CCN2)=CC1. The van der Waals surface area contributed by atoms with Crippen LogP contribution in [0.4, 0.5) is 0 Å². The highest BCUT2D eigenvalue weighted by atomic mass is 16.2. The van der Waals surface area contributed by atoms with Crippen molar-refractivity contribution in [2.45, 2.75) is 32.0 Å². The van der Waals surface area contributed by atoms with Gasteiger partial charge >= 0.3 is 0 Å². The average Bonchev–Trinajstić information content (AvgIpc) is 3.27. The van der Waals surface area contributed by atoms with Crippen LogP contribution in [0, 0.1) is 17.2 Å². The molecule has 4 rings (SSSR count). The number of nitriles is 1. The van der Waals surface area contributed by atoms with Crippen LogP contribution in [-0.2, 0) is 24.3 Å². The van der Waals surface area contributed by atoms with Gasteiger partial charge in [-0.2, -0.15) is 5.26 Å². The van der Waals surface area contributed by atoms with E-state index < -0.39 is 0 Å². The van der Waals surface area contributed by atoms with Crippen molar-refractivity contribution in [1.29, 1.82) is 5.26 Å². The Hall–Kier alpha value is -3.21. The molecule has 1 aliphatic heterocycles. The Bertz CT molecular complexity index is 1000. The molecule has 166 valence electrons. The molecule has 0 bridgehead atoms. The third-order valence-corrected chi connectivity index (χ3v) is 6.00. The van der Waals surface area contributed by atoms with Crippen molar-refractivity contribution in [2.24, 2.45) is 5.92 Å². The number of nitrogens with one attached hydrogen (secondary N) is 2. The second-order valence-corrected chi connectivity index (χ2v) is 8.39. The molecule has 1 fully saturated rings. The Morgan fingerprint density at radius 2 is 2.16 bits per heavy atom. The van der Waals surface area contributed by atoms with Gasteiger partial charge in [-0.3, -0.25) is 9.69 Å². The van der Waals surface area contributed by atoms with Crippen molar-refractivity contribution in [3.63, 3.8) is 0 Å². The quantitative estimate of drug-likeness (QED) is 0.669. The molecule has 0 spiro atoms. The average molecular weight is 431 g/mol. The lowest BCUT2D eigenvalue weighted by Gasteiger charge is -2.33. The fraction of sp³-hybridized carbons (Fsp3) is 0.400. The van der Waals surface area contributed by atoms with Crippen LogP contribution in [0.15, 0.2) is 66.7 Å². The van der Waals surface area contributed by atoms with E-state index in [1.54, 1.807) is 0 Å². The standard InChI is InChI=1S/C25H30N6O/c26-14-20-6-8-22(9-7-20)17-31-19-27-15-23(31)10-11-29-25(32)24-18-30(13-12-28-24)16-21-4-2-1-3-5-21/h1-6,8-9,15,19-20,24,28H,7,10-13,16-18H2,(H,29,32). The zero-order valence-electron chi connectivity index (χ0n) is 18.3. The molecule has 1 aromatic carbocycles. The molecule has 7 heteroatoms. The van der Waals surface area contributed by atoms with Crippen LogP contribution in [0.3, 0.4) is 0 Å². The first-order valence-electron chi connectivity index (χ1n) is 11.2. The van der Waals surface area contributed by atoms with E-state index in [4.69, 9.17) is 5.26 Å². The molecule has 2 atom stereocenters. The molecular weight excluding hydrogens is 400 g/mol. The number of imidazole rings is 1. The number of aromatic nitrogens is 2. The van der Waals surface area contributed by atoms with Crippen LogP contribution in [0.2, 0.25) is 0 Å². The summed E-state index contributed by atoms with van der Waals surface area (Å²) >= 11 is 0. The predicted octanol–water partition coefficient (Wildman–Crippen LogP) is 2.04. The molecule has 2 aliphatic rings. The number of benzene rings is 1. The largest absolute Gasteiger partial charge is 0.354 e. The first-order chi connectivity index (χ1) is 15.7. The maximum absolute atomic E-state index is 12.7. The first-order valence-corrected chi connectivity index (χ1v) is 11.2. The number of hydrogen-bond acceptors (Lipinski definition) is 5. The van der Waals surface area contributed by atoms with E-state index in [0.29, 0.717) is 13.1 Å². The number of amides is 1. The molecule has 1 aromatic heterocycles. The summed E-state index contributed by atoms with van der Waals surface area (Å²) < 4.78 is 2.11. The summed E-state index contributed by atoms with van der Waals surface area (Å²) in [6, 6.07) is 12.5. The van der Waals surface area contributed by atoms with Gasteiger partial charge in [-0.15, -0.1) is 0 Å². The fourth-order valence-corrected chi connectivity index (χ4v) is 4.18. The monoisotopic (exact) mass is 430 g/mol. The second kappa shape index (κ2) is 10.9. The maximum atomic E-state index is 12.7. The van der Waals surface area contributed by atoms with Crippen molar-refractivity contribution < 1.29 is 4.79 Å². The minimum Gasteiger partial charge on any atom is -0.354 e. The number of piperazine rings is 1. The minimum absolute atomic E-state index is 0.0202. The molecular formula is C25H30N6O. The minimum atomic E-state index is -0.192. The third kappa shape index (κ3) is 5.94. The maximum Gasteiger partial charge on any atom is 0.238 e. The highest BCUT2D eigenvalue weighted by Gasteiger charge is 2.25. The summed E-state index contributed by atoms with van der Waals surface area (Å²) in [4.78, 5) is 19.3. The van der Waals surface area contributed by atoms with Crippen LogP contribution in [0.1, 0.15) is 17.7 Å². The van der Waals surface area contributed by atoms with Gasteiger partial charge in [-0.05, 0) is 17.6 Å². The zero-order valence-corrected chi connectivity index (χ0v) is 18.3. The number of nitrogens with zero attached hydrogens (tertiary/aromatic N) is 4.